The molecule has 2 atom stereocenters. The summed E-state index contributed by atoms with van der Waals surface area (Å²) in [5, 5.41) is 0. The Labute approximate surface area is 74.0 Å². The highest BCUT2D eigenvalue weighted by atomic mass is 31.2. The van der Waals surface area contributed by atoms with E-state index in [1.165, 1.54) is 0 Å². The highest BCUT2D eigenvalue weighted by Gasteiger charge is 2.32. The Kier molecular flexibility index (Phi) is 4.71. The van der Waals surface area contributed by atoms with Gasteiger partial charge >= 0.3 is 15.6 Å². The summed E-state index contributed by atoms with van der Waals surface area (Å²) in [5.41, 5.74) is 0. The van der Waals surface area contributed by atoms with Crippen LogP contribution in [-0.4, -0.2) is 32.3 Å². The molecule has 13 heavy (non-hydrogen) atoms. The topological polar surface area (TPSA) is 134 Å². The van der Waals surface area contributed by atoms with Gasteiger partial charge in [-0.15, -0.1) is 0 Å². The van der Waals surface area contributed by atoms with E-state index in [1.54, 1.807) is 6.92 Å². The fourth-order valence-electron chi connectivity index (χ4n) is 0.487. The number of hydrogen-bond donors (Lipinski definition) is 4. The molecule has 0 radical (unpaired) electrons. The lowest BCUT2D eigenvalue weighted by atomic mass is 10.5. The van der Waals surface area contributed by atoms with Crippen molar-refractivity contribution in [3.8, 4) is 0 Å². The van der Waals surface area contributed by atoms with Crippen LogP contribution in [0.4, 0.5) is 0 Å². The van der Waals surface area contributed by atoms with Crippen LogP contribution in [0.1, 0.15) is 6.92 Å². The van der Waals surface area contributed by atoms with E-state index in [4.69, 9.17) is 24.1 Å². The molecule has 8 nitrogen and oxygen atoms in total. The van der Waals surface area contributed by atoms with Gasteiger partial charge in [-0.1, -0.05) is 0 Å². The second-order valence-corrected chi connectivity index (χ2v) is 4.63. The molecule has 0 aromatic rings. The van der Waals surface area contributed by atoms with Crippen molar-refractivity contribution in [3.05, 3.63) is 0 Å². The van der Waals surface area contributed by atoms with Crippen molar-refractivity contribution >= 4 is 15.6 Å². The molecule has 0 bridgehead atoms. The first-order valence-electron chi connectivity index (χ1n) is 3.04. The molecule has 0 aliphatic carbocycles. The Morgan fingerprint density at radius 3 is 1.92 bits per heavy atom. The van der Waals surface area contributed by atoms with Crippen molar-refractivity contribution in [2.75, 3.05) is 6.61 Å². The molecule has 1 fully saturated rings. The largest absolute Gasteiger partial charge is 0.472 e. The van der Waals surface area contributed by atoms with Gasteiger partial charge in [-0.2, -0.15) is 0 Å². The van der Waals surface area contributed by atoms with E-state index < -0.39 is 15.6 Å². The molecule has 0 aromatic heterocycles. The van der Waals surface area contributed by atoms with Crippen LogP contribution in [0.5, 0.6) is 0 Å². The molecule has 0 aromatic carbocycles. The van der Waals surface area contributed by atoms with Crippen LogP contribution >= 0.6 is 15.6 Å². The van der Waals surface area contributed by atoms with Gasteiger partial charge in [0.25, 0.3) is 0 Å². The Morgan fingerprint density at radius 2 is 1.85 bits per heavy atom. The van der Waals surface area contributed by atoms with Gasteiger partial charge in [-0.3, -0.25) is 9.05 Å². The predicted octanol–water partition coefficient (Wildman–Crippen LogP) is -0.407. The molecular weight excluding hydrogens is 226 g/mol. The van der Waals surface area contributed by atoms with Gasteiger partial charge in [0.2, 0.25) is 0 Å². The van der Waals surface area contributed by atoms with Gasteiger partial charge < -0.3 is 19.6 Å². The van der Waals surface area contributed by atoms with Gasteiger partial charge in [0.1, 0.15) is 0 Å². The third kappa shape index (κ3) is 10.1. The van der Waals surface area contributed by atoms with Gasteiger partial charge in [0.05, 0.1) is 12.7 Å². The standard InChI is InChI=1S/C3H7O4P.H3O4P/c1-3-2-6-8(4,5)7-3;1-5(2,3)4/h3H,2H2,1H3,(H,4,5);(H3,1,2,3,4). The summed E-state index contributed by atoms with van der Waals surface area (Å²) in [7, 11) is -8.24. The average Bonchev–Trinajstić information content (AvgIpc) is 2.04. The summed E-state index contributed by atoms with van der Waals surface area (Å²) >= 11 is 0. The highest BCUT2D eigenvalue weighted by molar-refractivity contribution is 7.47. The quantitative estimate of drug-likeness (QED) is 0.417. The maximum absolute atomic E-state index is 10.3. The zero-order chi connectivity index (χ0) is 10.7. The summed E-state index contributed by atoms with van der Waals surface area (Å²) in [6.45, 7) is 1.89. The van der Waals surface area contributed by atoms with Crippen LogP contribution in [-0.2, 0) is 18.2 Å². The summed E-state index contributed by atoms with van der Waals surface area (Å²) in [5.74, 6) is 0. The monoisotopic (exact) mass is 236 g/mol. The van der Waals surface area contributed by atoms with Crippen molar-refractivity contribution in [2.45, 2.75) is 13.0 Å². The zero-order valence-corrected chi connectivity index (χ0v) is 8.39. The molecule has 1 aliphatic heterocycles. The van der Waals surface area contributed by atoms with Crippen LogP contribution in [0.15, 0.2) is 0 Å². The highest BCUT2D eigenvalue weighted by Crippen LogP contribution is 2.49. The predicted molar refractivity (Wildman–Crippen MR) is 40.6 cm³/mol. The van der Waals surface area contributed by atoms with Crippen molar-refractivity contribution in [1.82, 2.24) is 0 Å². The molecule has 1 saturated heterocycles. The molecule has 0 saturated carbocycles. The Morgan fingerprint density at radius 1 is 1.46 bits per heavy atom. The third-order valence-electron chi connectivity index (χ3n) is 0.786. The van der Waals surface area contributed by atoms with E-state index in [1.807, 2.05) is 0 Å². The molecule has 2 unspecified atom stereocenters. The van der Waals surface area contributed by atoms with E-state index in [-0.39, 0.29) is 12.7 Å². The van der Waals surface area contributed by atoms with Crippen LogP contribution < -0.4 is 0 Å². The smallest absolute Gasteiger partial charge is 0.303 e. The van der Waals surface area contributed by atoms with Crippen molar-refractivity contribution in [3.63, 3.8) is 0 Å². The lowest BCUT2D eigenvalue weighted by molar-refractivity contribution is 0.230. The number of phosphoric ester groups is 1. The van der Waals surface area contributed by atoms with Gasteiger partial charge in [0.15, 0.2) is 0 Å². The van der Waals surface area contributed by atoms with Gasteiger partial charge in [-0.25, -0.2) is 9.13 Å². The van der Waals surface area contributed by atoms with E-state index in [0.717, 1.165) is 0 Å². The molecule has 10 heteroatoms. The first kappa shape index (κ1) is 13.2. The number of phosphoric acid groups is 2. The molecule has 1 heterocycles. The second kappa shape index (κ2) is 4.63. The summed E-state index contributed by atoms with van der Waals surface area (Å²) in [4.78, 5) is 30.0. The molecule has 0 amide bonds. The SMILES string of the molecule is CC1COP(=O)(O)O1.O=P(O)(O)O. The first-order valence-corrected chi connectivity index (χ1v) is 6.10. The maximum atomic E-state index is 10.3. The number of rotatable bonds is 0. The van der Waals surface area contributed by atoms with Gasteiger partial charge in [-0.05, 0) is 6.92 Å². The molecule has 80 valence electrons. The first-order chi connectivity index (χ1) is 5.60. The molecule has 4 N–H and O–H groups in total. The zero-order valence-electron chi connectivity index (χ0n) is 6.60. The lowest BCUT2D eigenvalue weighted by Gasteiger charge is -1.97. The molecule has 1 rings (SSSR count). The normalized spacial score (nSPS) is 33.8. The van der Waals surface area contributed by atoms with Gasteiger partial charge in [0, 0.05) is 0 Å². The van der Waals surface area contributed by atoms with E-state index in [2.05, 4.69) is 9.05 Å². The van der Waals surface area contributed by atoms with Crippen molar-refractivity contribution in [2.24, 2.45) is 0 Å². The van der Waals surface area contributed by atoms with Crippen LogP contribution in [0.25, 0.3) is 0 Å². The second-order valence-electron chi connectivity index (χ2n) is 2.19. The van der Waals surface area contributed by atoms with Crippen molar-refractivity contribution < 1.29 is 37.8 Å². The molecular formula is C3H10O8P2. The number of hydrogen-bond acceptors (Lipinski definition) is 4. The average molecular weight is 236 g/mol. The molecule has 1 aliphatic rings. The Bertz CT molecular complexity index is 236. The summed E-state index contributed by atoms with van der Waals surface area (Å²) < 4.78 is 28.0. The maximum Gasteiger partial charge on any atom is 0.472 e. The van der Waals surface area contributed by atoms with E-state index >= 15 is 0 Å². The Balaban J connectivity index is 0.000000252. The van der Waals surface area contributed by atoms with E-state index in [0.29, 0.717) is 0 Å². The minimum Gasteiger partial charge on any atom is -0.303 e. The van der Waals surface area contributed by atoms with Crippen LogP contribution in [0.3, 0.4) is 0 Å². The summed E-state index contributed by atoms with van der Waals surface area (Å²) in [6.07, 6.45) is -0.245. The fraction of sp³-hybridized carbons (Fsp3) is 1.00. The fourth-order valence-corrected chi connectivity index (χ4v) is 1.46. The van der Waals surface area contributed by atoms with Crippen LogP contribution in [0, 0.1) is 0 Å². The minimum absolute atomic E-state index is 0.216. The molecule has 0 spiro atoms. The summed E-state index contributed by atoms with van der Waals surface area (Å²) in [6, 6.07) is 0. The minimum atomic E-state index is -4.64. The Hall–Kier alpha value is 0.220. The lowest BCUT2D eigenvalue weighted by Crippen LogP contribution is -1.99. The van der Waals surface area contributed by atoms with E-state index in [9.17, 15) is 4.57 Å². The van der Waals surface area contributed by atoms with Crippen molar-refractivity contribution in [1.29, 1.82) is 0 Å². The third-order valence-corrected chi connectivity index (χ3v) is 1.89. The van der Waals surface area contributed by atoms with Crippen LogP contribution in [0.2, 0.25) is 0 Å².